The Morgan fingerprint density at radius 1 is 1.17 bits per heavy atom. The van der Waals surface area contributed by atoms with Crippen molar-refractivity contribution in [2.75, 3.05) is 19.6 Å². The summed E-state index contributed by atoms with van der Waals surface area (Å²) in [5, 5.41) is 3.59. The van der Waals surface area contributed by atoms with E-state index in [2.05, 4.69) is 49.5 Å². The Morgan fingerprint density at radius 2 is 1.86 bits per heavy atom. The minimum Gasteiger partial charge on any atom is -0.444 e. The normalized spacial score (nSPS) is 21.1. The van der Waals surface area contributed by atoms with Crippen LogP contribution in [0.25, 0.3) is 0 Å². The second kappa shape index (κ2) is 11.0. The molecule has 164 valence electrons. The molecule has 0 spiro atoms. The Morgan fingerprint density at radius 3 is 2.52 bits per heavy atom. The van der Waals surface area contributed by atoms with Crippen LogP contribution in [0.3, 0.4) is 0 Å². The standard InChI is InChI=1S/C25H42N2O2/c1-6-7-8-9-11-14-21(2)25(19-22-15-12-10-13-16-22)20-26-17-18-27(25)23(28)29-24(3,4)5/h10,12-13,15-16,21,26H,6-9,11,14,17-20H2,1-5H3. The van der Waals surface area contributed by atoms with Gasteiger partial charge in [-0.15, -0.1) is 0 Å². The summed E-state index contributed by atoms with van der Waals surface area (Å²) in [6.07, 6.45) is 8.21. The van der Waals surface area contributed by atoms with Crippen molar-refractivity contribution < 1.29 is 9.53 Å². The molecule has 1 amide bonds. The summed E-state index contributed by atoms with van der Waals surface area (Å²) >= 11 is 0. The average Bonchev–Trinajstić information content (AvgIpc) is 2.67. The van der Waals surface area contributed by atoms with Crippen molar-refractivity contribution in [3.05, 3.63) is 35.9 Å². The lowest BCUT2D eigenvalue weighted by atomic mass is 9.75. The van der Waals surface area contributed by atoms with Crippen LogP contribution in [0.5, 0.6) is 0 Å². The van der Waals surface area contributed by atoms with Gasteiger partial charge in [0.05, 0.1) is 5.54 Å². The van der Waals surface area contributed by atoms with Gasteiger partial charge in [-0.05, 0) is 45.1 Å². The van der Waals surface area contributed by atoms with E-state index in [1.165, 1.54) is 37.7 Å². The molecule has 4 heteroatoms. The zero-order chi connectivity index (χ0) is 21.3. The lowest BCUT2D eigenvalue weighted by molar-refractivity contribution is -0.0291. The fraction of sp³-hybridized carbons (Fsp3) is 0.720. The van der Waals surface area contributed by atoms with Gasteiger partial charge in [0, 0.05) is 19.6 Å². The van der Waals surface area contributed by atoms with Crippen LogP contribution in [-0.2, 0) is 11.2 Å². The van der Waals surface area contributed by atoms with Crippen molar-refractivity contribution in [2.24, 2.45) is 5.92 Å². The molecule has 1 aliphatic rings. The first-order valence-corrected chi connectivity index (χ1v) is 11.5. The summed E-state index contributed by atoms with van der Waals surface area (Å²) in [5.41, 5.74) is 0.541. The van der Waals surface area contributed by atoms with E-state index in [9.17, 15) is 4.79 Å². The molecule has 0 saturated carbocycles. The predicted octanol–water partition coefficient (Wildman–Crippen LogP) is 5.80. The van der Waals surface area contributed by atoms with Crippen molar-refractivity contribution in [3.63, 3.8) is 0 Å². The van der Waals surface area contributed by atoms with Crippen LogP contribution in [0.2, 0.25) is 0 Å². The fourth-order valence-corrected chi connectivity index (χ4v) is 4.45. The maximum Gasteiger partial charge on any atom is 0.410 e. The van der Waals surface area contributed by atoms with Crippen LogP contribution in [0.4, 0.5) is 4.79 Å². The van der Waals surface area contributed by atoms with E-state index in [0.29, 0.717) is 12.5 Å². The minimum atomic E-state index is -0.482. The maximum atomic E-state index is 13.2. The van der Waals surface area contributed by atoms with E-state index in [1.54, 1.807) is 0 Å². The van der Waals surface area contributed by atoms with Gasteiger partial charge in [-0.2, -0.15) is 0 Å². The van der Waals surface area contributed by atoms with Crippen molar-refractivity contribution in [1.29, 1.82) is 0 Å². The topological polar surface area (TPSA) is 41.6 Å². The van der Waals surface area contributed by atoms with Gasteiger partial charge in [0.1, 0.15) is 5.60 Å². The number of ether oxygens (including phenoxy) is 1. The zero-order valence-corrected chi connectivity index (χ0v) is 19.3. The largest absolute Gasteiger partial charge is 0.444 e. The number of rotatable bonds is 9. The number of unbranched alkanes of at least 4 members (excludes halogenated alkanes) is 4. The van der Waals surface area contributed by atoms with Gasteiger partial charge in [-0.25, -0.2) is 4.79 Å². The fourth-order valence-electron chi connectivity index (χ4n) is 4.45. The van der Waals surface area contributed by atoms with Gasteiger partial charge in [-0.3, -0.25) is 4.90 Å². The summed E-state index contributed by atoms with van der Waals surface area (Å²) in [4.78, 5) is 15.3. The molecule has 2 unspecified atom stereocenters. The first kappa shape index (κ1) is 23.7. The number of nitrogens with one attached hydrogen (secondary N) is 1. The third-order valence-corrected chi connectivity index (χ3v) is 6.11. The number of amides is 1. The van der Waals surface area contributed by atoms with Crippen LogP contribution in [0.15, 0.2) is 30.3 Å². The van der Waals surface area contributed by atoms with Crippen molar-refractivity contribution in [2.45, 2.75) is 90.7 Å². The Kier molecular flexibility index (Phi) is 9.01. The second-order valence-electron chi connectivity index (χ2n) is 9.68. The summed E-state index contributed by atoms with van der Waals surface area (Å²) in [6, 6.07) is 10.6. The number of benzene rings is 1. The molecule has 4 nitrogen and oxygen atoms in total. The monoisotopic (exact) mass is 402 g/mol. The minimum absolute atomic E-state index is 0.173. The number of hydrogen-bond acceptors (Lipinski definition) is 3. The number of piperazine rings is 1. The van der Waals surface area contributed by atoms with Crippen LogP contribution >= 0.6 is 0 Å². The van der Waals surface area contributed by atoms with Crippen molar-refractivity contribution in [1.82, 2.24) is 10.2 Å². The van der Waals surface area contributed by atoms with Gasteiger partial charge >= 0.3 is 6.09 Å². The average molecular weight is 403 g/mol. The Labute approximate surface area is 178 Å². The zero-order valence-electron chi connectivity index (χ0n) is 19.3. The van der Waals surface area contributed by atoms with Crippen molar-refractivity contribution in [3.8, 4) is 0 Å². The summed E-state index contributed by atoms with van der Waals surface area (Å²) in [7, 11) is 0. The van der Waals surface area contributed by atoms with Crippen LogP contribution in [0, 0.1) is 5.92 Å². The molecular formula is C25H42N2O2. The summed E-state index contributed by atoms with van der Waals surface area (Å²) in [6.45, 7) is 12.8. The van der Waals surface area contributed by atoms with E-state index in [-0.39, 0.29) is 11.6 Å². The Hall–Kier alpha value is -1.55. The molecule has 2 atom stereocenters. The lowest BCUT2D eigenvalue weighted by Gasteiger charge is -2.51. The highest BCUT2D eigenvalue weighted by Crippen LogP contribution is 2.35. The third kappa shape index (κ3) is 7.02. The second-order valence-corrected chi connectivity index (χ2v) is 9.68. The van der Waals surface area contributed by atoms with Crippen LogP contribution in [-0.4, -0.2) is 41.8 Å². The molecule has 0 aliphatic carbocycles. The van der Waals surface area contributed by atoms with E-state index in [4.69, 9.17) is 4.74 Å². The van der Waals surface area contributed by atoms with Gasteiger partial charge in [0.15, 0.2) is 0 Å². The third-order valence-electron chi connectivity index (χ3n) is 6.11. The first-order chi connectivity index (χ1) is 13.8. The number of hydrogen-bond donors (Lipinski definition) is 1. The van der Waals surface area contributed by atoms with Crippen molar-refractivity contribution >= 4 is 6.09 Å². The molecule has 0 aromatic heterocycles. The molecule has 29 heavy (non-hydrogen) atoms. The molecule has 1 aliphatic heterocycles. The van der Waals surface area contributed by atoms with E-state index >= 15 is 0 Å². The van der Waals surface area contributed by atoms with Gasteiger partial charge in [0.25, 0.3) is 0 Å². The van der Waals surface area contributed by atoms with Gasteiger partial charge in [0.2, 0.25) is 0 Å². The number of nitrogens with zero attached hydrogens (tertiary/aromatic N) is 1. The predicted molar refractivity (Wildman–Crippen MR) is 121 cm³/mol. The molecule has 1 N–H and O–H groups in total. The smallest absolute Gasteiger partial charge is 0.410 e. The van der Waals surface area contributed by atoms with Gasteiger partial charge < -0.3 is 10.1 Å². The highest BCUT2D eigenvalue weighted by atomic mass is 16.6. The SMILES string of the molecule is CCCCCCCC(C)C1(Cc2ccccc2)CNCCN1C(=O)OC(C)(C)C. The summed E-state index contributed by atoms with van der Waals surface area (Å²) in [5.74, 6) is 0.393. The van der Waals surface area contributed by atoms with E-state index in [0.717, 1.165) is 25.9 Å². The van der Waals surface area contributed by atoms with E-state index < -0.39 is 5.60 Å². The Balaban J connectivity index is 2.24. The molecule has 1 fully saturated rings. The van der Waals surface area contributed by atoms with E-state index in [1.807, 2.05) is 25.7 Å². The van der Waals surface area contributed by atoms with Crippen LogP contribution < -0.4 is 5.32 Å². The highest BCUT2D eigenvalue weighted by Gasteiger charge is 2.46. The quantitative estimate of drug-likeness (QED) is 0.530. The number of carbonyl (C=O) groups is 1. The molecule has 0 bridgehead atoms. The molecule has 0 radical (unpaired) electrons. The summed E-state index contributed by atoms with van der Waals surface area (Å²) < 4.78 is 5.84. The molecule has 1 heterocycles. The maximum absolute atomic E-state index is 13.2. The molecule has 1 aromatic carbocycles. The molecule has 1 saturated heterocycles. The number of carbonyl (C=O) groups excluding carboxylic acids is 1. The van der Waals surface area contributed by atoms with Crippen LogP contribution in [0.1, 0.15) is 78.7 Å². The highest BCUT2D eigenvalue weighted by molar-refractivity contribution is 5.69. The molecule has 2 rings (SSSR count). The molecule has 1 aromatic rings. The molecular weight excluding hydrogens is 360 g/mol. The van der Waals surface area contributed by atoms with Gasteiger partial charge in [-0.1, -0.05) is 76.3 Å². The lowest BCUT2D eigenvalue weighted by Crippen LogP contribution is -2.67. The first-order valence-electron chi connectivity index (χ1n) is 11.5. The Bertz CT molecular complexity index is 611.